The van der Waals surface area contributed by atoms with E-state index in [1.165, 1.54) is 18.4 Å². The number of aryl methyl sites for hydroxylation is 2. The van der Waals surface area contributed by atoms with E-state index in [-0.39, 0.29) is 11.9 Å². The van der Waals surface area contributed by atoms with Crippen LogP contribution in [-0.4, -0.2) is 45.6 Å². The standard InChI is InChI=1S/C16H20N4O3S/c1-4-10-8-11(19-18-10)15(21)20-7-5-6-12(20)14-17-13(9(2)24-14)16(22)23-3/h8,12H,4-7H2,1-3H3,(H,18,19). The molecule has 1 atom stereocenters. The fourth-order valence-electron chi connectivity index (χ4n) is 2.91. The van der Waals surface area contributed by atoms with Crippen molar-refractivity contribution in [3.8, 4) is 0 Å². The Morgan fingerprint density at radius 1 is 1.50 bits per heavy atom. The summed E-state index contributed by atoms with van der Waals surface area (Å²) in [6.07, 6.45) is 2.55. The van der Waals surface area contributed by atoms with Crippen LogP contribution in [0.1, 0.15) is 62.4 Å². The SMILES string of the molecule is CCc1cc(C(=O)N2CCCC2c2nc(C(=O)OC)c(C)s2)n[nH]1. The zero-order valence-electron chi connectivity index (χ0n) is 14.0. The van der Waals surface area contributed by atoms with Gasteiger partial charge in [0.1, 0.15) is 10.7 Å². The molecule has 0 aromatic carbocycles. The predicted octanol–water partition coefficient (Wildman–Crippen LogP) is 2.50. The van der Waals surface area contributed by atoms with E-state index >= 15 is 0 Å². The maximum atomic E-state index is 12.8. The molecule has 0 spiro atoms. The van der Waals surface area contributed by atoms with Crippen molar-refractivity contribution in [2.24, 2.45) is 0 Å². The van der Waals surface area contributed by atoms with Gasteiger partial charge >= 0.3 is 5.97 Å². The molecule has 0 saturated carbocycles. The first-order valence-corrected chi connectivity index (χ1v) is 8.77. The van der Waals surface area contributed by atoms with Gasteiger partial charge in [-0.05, 0) is 32.3 Å². The number of carbonyl (C=O) groups is 2. The molecular formula is C16H20N4O3S. The summed E-state index contributed by atoms with van der Waals surface area (Å²) in [5, 5.41) is 7.78. The second-order valence-electron chi connectivity index (χ2n) is 5.74. The number of hydrogen-bond acceptors (Lipinski definition) is 6. The number of rotatable bonds is 4. The highest BCUT2D eigenvalue weighted by Gasteiger charge is 2.34. The van der Waals surface area contributed by atoms with E-state index in [0.717, 1.165) is 34.8 Å². The highest BCUT2D eigenvalue weighted by atomic mass is 32.1. The number of aromatic nitrogens is 3. The topological polar surface area (TPSA) is 88.2 Å². The van der Waals surface area contributed by atoms with Crippen molar-refractivity contribution in [2.75, 3.05) is 13.7 Å². The van der Waals surface area contributed by atoms with E-state index in [1.54, 1.807) is 11.0 Å². The summed E-state index contributed by atoms with van der Waals surface area (Å²) < 4.78 is 4.76. The van der Waals surface area contributed by atoms with Crippen LogP contribution in [0, 0.1) is 6.92 Å². The Morgan fingerprint density at radius 3 is 2.96 bits per heavy atom. The summed E-state index contributed by atoms with van der Waals surface area (Å²) in [7, 11) is 1.34. The van der Waals surface area contributed by atoms with Crippen LogP contribution >= 0.6 is 11.3 Å². The van der Waals surface area contributed by atoms with Gasteiger partial charge in [-0.3, -0.25) is 9.89 Å². The minimum atomic E-state index is -0.439. The molecule has 1 N–H and O–H groups in total. The number of thiazole rings is 1. The van der Waals surface area contributed by atoms with Crippen molar-refractivity contribution in [3.05, 3.63) is 33.0 Å². The van der Waals surface area contributed by atoms with E-state index < -0.39 is 5.97 Å². The smallest absolute Gasteiger partial charge is 0.357 e. The minimum Gasteiger partial charge on any atom is -0.464 e. The summed E-state index contributed by atoms with van der Waals surface area (Å²) in [6, 6.07) is 1.69. The van der Waals surface area contributed by atoms with Gasteiger partial charge < -0.3 is 9.64 Å². The van der Waals surface area contributed by atoms with Crippen molar-refractivity contribution >= 4 is 23.2 Å². The summed E-state index contributed by atoms with van der Waals surface area (Å²) >= 11 is 1.45. The number of aromatic amines is 1. The van der Waals surface area contributed by atoms with E-state index in [2.05, 4.69) is 15.2 Å². The van der Waals surface area contributed by atoms with Crippen molar-refractivity contribution in [3.63, 3.8) is 0 Å². The fraction of sp³-hybridized carbons (Fsp3) is 0.500. The molecule has 0 radical (unpaired) electrons. The van der Waals surface area contributed by atoms with Crippen LogP contribution in [0.5, 0.6) is 0 Å². The molecule has 1 aliphatic heterocycles. The number of nitrogens with one attached hydrogen (secondary N) is 1. The number of carbonyl (C=O) groups excluding carboxylic acids is 2. The second-order valence-corrected chi connectivity index (χ2v) is 6.97. The van der Waals surface area contributed by atoms with Gasteiger partial charge in [-0.25, -0.2) is 9.78 Å². The highest BCUT2D eigenvalue weighted by molar-refractivity contribution is 7.12. The number of amides is 1. The molecule has 8 heteroatoms. The molecule has 0 bridgehead atoms. The second kappa shape index (κ2) is 6.72. The molecule has 24 heavy (non-hydrogen) atoms. The Balaban J connectivity index is 1.85. The van der Waals surface area contributed by atoms with Crippen LogP contribution in [0.25, 0.3) is 0 Å². The summed E-state index contributed by atoms with van der Waals surface area (Å²) in [5.74, 6) is -0.535. The number of hydrogen-bond donors (Lipinski definition) is 1. The van der Waals surface area contributed by atoms with E-state index in [4.69, 9.17) is 4.74 Å². The van der Waals surface area contributed by atoms with E-state index in [0.29, 0.717) is 17.9 Å². The highest BCUT2D eigenvalue weighted by Crippen LogP contribution is 2.36. The van der Waals surface area contributed by atoms with Crippen molar-refractivity contribution in [1.82, 2.24) is 20.1 Å². The lowest BCUT2D eigenvalue weighted by molar-refractivity contribution is 0.0593. The molecule has 2 aromatic heterocycles. The normalized spacial score (nSPS) is 17.3. The third-order valence-corrected chi connectivity index (χ3v) is 5.29. The van der Waals surface area contributed by atoms with Gasteiger partial charge in [0.25, 0.3) is 5.91 Å². The number of H-pyrrole nitrogens is 1. The van der Waals surface area contributed by atoms with Gasteiger partial charge in [-0.2, -0.15) is 5.10 Å². The van der Waals surface area contributed by atoms with Gasteiger partial charge in [-0.15, -0.1) is 11.3 Å². The zero-order valence-corrected chi connectivity index (χ0v) is 14.8. The van der Waals surface area contributed by atoms with Crippen LogP contribution in [0.3, 0.4) is 0 Å². The van der Waals surface area contributed by atoms with Crippen LogP contribution in [-0.2, 0) is 11.2 Å². The number of methoxy groups -OCH3 is 1. The van der Waals surface area contributed by atoms with Gasteiger partial charge in [0.2, 0.25) is 0 Å². The number of esters is 1. The Morgan fingerprint density at radius 2 is 2.29 bits per heavy atom. The van der Waals surface area contributed by atoms with E-state index in [9.17, 15) is 9.59 Å². The quantitative estimate of drug-likeness (QED) is 0.858. The first-order chi connectivity index (χ1) is 11.5. The van der Waals surface area contributed by atoms with Gasteiger partial charge in [0.05, 0.1) is 13.2 Å². The Labute approximate surface area is 144 Å². The molecule has 0 aliphatic carbocycles. The van der Waals surface area contributed by atoms with Gasteiger partial charge in [-0.1, -0.05) is 6.92 Å². The summed E-state index contributed by atoms with van der Waals surface area (Å²) in [6.45, 7) is 4.52. The zero-order chi connectivity index (χ0) is 17.3. The van der Waals surface area contributed by atoms with Crippen LogP contribution in [0.2, 0.25) is 0 Å². The third-order valence-electron chi connectivity index (χ3n) is 4.22. The van der Waals surface area contributed by atoms with Crippen LogP contribution in [0.15, 0.2) is 6.07 Å². The fourth-order valence-corrected chi connectivity index (χ4v) is 3.97. The molecule has 3 heterocycles. The number of ether oxygens (including phenoxy) is 1. The van der Waals surface area contributed by atoms with Gasteiger partial charge in [0.15, 0.2) is 5.69 Å². The molecule has 1 aliphatic rings. The number of likely N-dealkylation sites (tertiary alicyclic amines) is 1. The first kappa shape index (κ1) is 16.6. The monoisotopic (exact) mass is 348 g/mol. The van der Waals surface area contributed by atoms with Gasteiger partial charge in [0, 0.05) is 17.1 Å². The Kier molecular flexibility index (Phi) is 4.66. The maximum absolute atomic E-state index is 12.8. The Hall–Kier alpha value is -2.22. The molecule has 1 unspecified atom stereocenters. The average molecular weight is 348 g/mol. The maximum Gasteiger partial charge on any atom is 0.357 e. The van der Waals surface area contributed by atoms with Crippen molar-refractivity contribution in [2.45, 2.75) is 39.2 Å². The minimum absolute atomic E-state index is 0.0964. The van der Waals surface area contributed by atoms with Crippen LogP contribution < -0.4 is 0 Å². The average Bonchev–Trinajstić information content (AvgIpc) is 3.31. The van der Waals surface area contributed by atoms with Crippen molar-refractivity contribution in [1.29, 1.82) is 0 Å². The Bertz CT molecular complexity index is 767. The number of nitrogens with zero attached hydrogens (tertiary/aromatic N) is 3. The molecule has 2 aromatic rings. The molecule has 1 fully saturated rings. The van der Waals surface area contributed by atoms with Crippen LogP contribution in [0.4, 0.5) is 0 Å². The lowest BCUT2D eigenvalue weighted by Crippen LogP contribution is -2.30. The third kappa shape index (κ3) is 2.93. The predicted molar refractivity (Wildman–Crippen MR) is 89.2 cm³/mol. The summed E-state index contributed by atoms with van der Waals surface area (Å²) in [4.78, 5) is 31.6. The molecular weight excluding hydrogens is 328 g/mol. The largest absolute Gasteiger partial charge is 0.464 e. The lowest BCUT2D eigenvalue weighted by Gasteiger charge is -2.22. The summed E-state index contributed by atoms with van der Waals surface area (Å²) in [5.41, 5.74) is 1.71. The molecule has 1 amide bonds. The lowest BCUT2D eigenvalue weighted by atomic mass is 10.2. The first-order valence-electron chi connectivity index (χ1n) is 7.96. The molecule has 1 saturated heterocycles. The molecule has 128 valence electrons. The molecule has 7 nitrogen and oxygen atoms in total. The van der Waals surface area contributed by atoms with Crippen molar-refractivity contribution < 1.29 is 14.3 Å². The molecule has 3 rings (SSSR count). The van der Waals surface area contributed by atoms with E-state index in [1.807, 2.05) is 13.8 Å².